The highest BCUT2D eigenvalue weighted by Gasteiger charge is 2.51. The second-order valence-electron chi connectivity index (χ2n) is 5.80. The number of alkyl halides is 2. The van der Waals surface area contributed by atoms with Crippen LogP contribution in [0.1, 0.15) is 25.3 Å². The zero-order valence-corrected chi connectivity index (χ0v) is 12.8. The summed E-state index contributed by atoms with van der Waals surface area (Å²) in [4.78, 5) is 0. The molecule has 7 heteroatoms. The molecule has 110 valence electrons. The van der Waals surface area contributed by atoms with Gasteiger partial charge in [0.25, 0.3) is 0 Å². The molecule has 21 heavy (non-hydrogen) atoms. The Labute approximate surface area is 132 Å². The molecule has 2 fully saturated rings. The van der Waals surface area contributed by atoms with Crippen LogP contribution in [0.2, 0.25) is 0 Å². The van der Waals surface area contributed by atoms with Gasteiger partial charge >= 0.3 is 0 Å². The highest BCUT2D eigenvalue weighted by atomic mass is 35.5. The predicted molar refractivity (Wildman–Crippen MR) is 82.6 cm³/mol. The van der Waals surface area contributed by atoms with E-state index >= 15 is 0 Å². The molecule has 1 N–H and O–H groups in total. The van der Waals surface area contributed by atoms with Gasteiger partial charge in [-0.25, -0.2) is 4.68 Å². The Kier molecular flexibility index (Phi) is 3.08. The zero-order valence-electron chi connectivity index (χ0n) is 11.3. The smallest absolute Gasteiger partial charge is 0.182 e. The van der Waals surface area contributed by atoms with Crippen molar-refractivity contribution in [3.63, 3.8) is 0 Å². The van der Waals surface area contributed by atoms with Crippen LogP contribution in [-0.4, -0.2) is 31.1 Å². The standard InChI is InChI=1S/C14H15Cl2N5/c15-14(16)7-10(14)8-17-11-3-1-9(2-4-11)13-18-19-20-21(13)12-5-6-12/h1-4,10,12,17H,5-8H2/t10-/m1/s1. The number of aromatic nitrogens is 4. The highest BCUT2D eigenvalue weighted by molar-refractivity contribution is 6.50. The van der Waals surface area contributed by atoms with Gasteiger partial charge in [0.15, 0.2) is 5.82 Å². The number of benzene rings is 1. The van der Waals surface area contributed by atoms with Crippen molar-refractivity contribution in [3.8, 4) is 11.4 Å². The lowest BCUT2D eigenvalue weighted by Gasteiger charge is -2.07. The molecule has 0 radical (unpaired) electrons. The van der Waals surface area contributed by atoms with E-state index < -0.39 is 4.33 Å². The fraction of sp³-hybridized carbons (Fsp3) is 0.500. The quantitative estimate of drug-likeness (QED) is 0.858. The van der Waals surface area contributed by atoms with Gasteiger partial charge in [-0.15, -0.1) is 28.3 Å². The van der Waals surface area contributed by atoms with Crippen LogP contribution >= 0.6 is 23.2 Å². The number of hydrogen-bond donors (Lipinski definition) is 1. The summed E-state index contributed by atoms with van der Waals surface area (Å²) >= 11 is 12.0. The molecule has 2 aliphatic carbocycles. The number of tetrazole rings is 1. The molecule has 1 aromatic heterocycles. The lowest BCUT2D eigenvalue weighted by atomic mass is 10.2. The molecule has 0 amide bonds. The summed E-state index contributed by atoms with van der Waals surface area (Å²) in [7, 11) is 0. The van der Waals surface area contributed by atoms with Crippen molar-refractivity contribution in [1.82, 2.24) is 20.2 Å². The van der Waals surface area contributed by atoms with Gasteiger partial charge in [0, 0.05) is 23.7 Å². The minimum Gasteiger partial charge on any atom is -0.385 e. The third-order valence-electron chi connectivity index (χ3n) is 4.04. The Morgan fingerprint density at radius 3 is 2.57 bits per heavy atom. The Morgan fingerprint density at radius 2 is 1.95 bits per heavy atom. The topological polar surface area (TPSA) is 55.6 Å². The lowest BCUT2D eigenvalue weighted by Crippen LogP contribution is -2.07. The predicted octanol–water partition coefficient (Wildman–Crippen LogP) is 3.28. The maximum absolute atomic E-state index is 6.02. The van der Waals surface area contributed by atoms with Crippen molar-refractivity contribution in [3.05, 3.63) is 24.3 Å². The molecule has 1 aromatic carbocycles. The number of anilines is 1. The minimum atomic E-state index is -0.528. The van der Waals surface area contributed by atoms with E-state index in [-0.39, 0.29) is 0 Å². The SMILES string of the molecule is ClC1(Cl)C[C@@H]1CNc1ccc(-c2nnnn2C2CC2)cc1. The number of halogens is 2. The first-order valence-electron chi connectivity index (χ1n) is 7.13. The normalized spacial score (nSPS) is 23.0. The van der Waals surface area contributed by atoms with Crippen LogP contribution in [0.15, 0.2) is 24.3 Å². The van der Waals surface area contributed by atoms with Crippen LogP contribution < -0.4 is 5.32 Å². The molecular formula is C14H15Cl2N5. The summed E-state index contributed by atoms with van der Waals surface area (Å²) in [6, 6.07) is 8.62. The van der Waals surface area contributed by atoms with E-state index in [1.165, 1.54) is 0 Å². The van der Waals surface area contributed by atoms with Gasteiger partial charge in [-0.1, -0.05) is 0 Å². The monoisotopic (exact) mass is 323 g/mol. The van der Waals surface area contributed by atoms with Gasteiger partial charge < -0.3 is 5.32 Å². The van der Waals surface area contributed by atoms with E-state index in [2.05, 4.69) is 20.8 Å². The zero-order chi connectivity index (χ0) is 14.4. The van der Waals surface area contributed by atoms with Crippen molar-refractivity contribution >= 4 is 28.9 Å². The van der Waals surface area contributed by atoms with E-state index in [0.717, 1.165) is 42.9 Å². The van der Waals surface area contributed by atoms with Gasteiger partial charge in [0.2, 0.25) is 0 Å². The van der Waals surface area contributed by atoms with Gasteiger partial charge in [-0.2, -0.15) is 0 Å². The minimum absolute atomic E-state index is 0.336. The molecule has 5 nitrogen and oxygen atoms in total. The first-order valence-corrected chi connectivity index (χ1v) is 7.89. The van der Waals surface area contributed by atoms with E-state index in [4.69, 9.17) is 23.2 Å². The van der Waals surface area contributed by atoms with Crippen LogP contribution in [0.3, 0.4) is 0 Å². The Hall–Kier alpha value is -1.33. The molecule has 0 bridgehead atoms. The first kappa shape index (κ1) is 13.3. The number of nitrogens with zero attached hydrogens (tertiary/aromatic N) is 4. The third-order valence-corrected chi connectivity index (χ3v) is 4.96. The highest BCUT2D eigenvalue weighted by Crippen LogP contribution is 2.52. The van der Waals surface area contributed by atoms with Crippen molar-refractivity contribution in [2.45, 2.75) is 29.6 Å². The van der Waals surface area contributed by atoms with Gasteiger partial charge in [-0.3, -0.25) is 0 Å². The van der Waals surface area contributed by atoms with Crippen LogP contribution in [0.25, 0.3) is 11.4 Å². The third kappa shape index (κ3) is 2.72. The van der Waals surface area contributed by atoms with Crippen LogP contribution in [0.5, 0.6) is 0 Å². The molecule has 4 rings (SSSR count). The molecule has 0 aliphatic heterocycles. The summed E-state index contributed by atoms with van der Waals surface area (Å²) in [6.07, 6.45) is 3.19. The fourth-order valence-electron chi connectivity index (χ4n) is 2.42. The Balaban J connectivity index is 1.44. The second kappa shape index (κ2) is 4.85. The van der Waals surface area contributed by atoms with E-state index in [0.29, 0.717) is 12.0 Å². The van der Waals surface area contributed by atoms with Crippen LogP contribution in [0, 0.1) is 5.92 Å². The molecule has 0 saturated heterocycles. The van der Waals surface area contributed by atoms with Crippen molar-refractivity contribution in [1.29, 1.82) is 0 Å². The summed E-state index contributed by atoms with van der Waals surface area (Å²) in [5.41, 5.74) is 2.09. The van der Waals surface area contributed by atoms with E-state index in [1.807, 2.05) is 28.9 Å². The van der Waals surface area contributed by atoms with Crippen molar-refractivity contribution < 1.29 is 0 Å². The molecule has 0 spiro atoms. The summed E-state index contributed by atoms with van der Waals surface area (Å²) in [6.45, 7) is 0.798. The van der Waals surface area contributed by atoms with E-state index in [9.17, 15) is 0 Å². The maximum atomic E-state index is 6.02. The Bertz CT molecular complexity index is 648. The average molecular weight is 324 g/mol. The molecule has 2 aromatic rings. The molecule has 1 heterocycles. The second-order valence-corrected chi connectivity index (χ2v) is 7.34. The van der Waals surface area contributed by atoms with Crippen LogP contribution in [0.4, 0.5) is 5.69 Å². The van der Waals surface area contributed by atoms with Gasteiger partial charge in [0.05, 0.1) is 6.04 Å². The largest absolute Gasteiger partial charge is 0.385 e. The summed E-state index contributed by atoms with van der Waals surface area (Å²) in [5.74, 6) is 1.18. The molecule has 0 unspecified atom stereocenters. The first-order chi connectivity index (χ1) is 10.1. The number of rotatable bonds is 5. The molecule has 1 atom stereocenters. The van der Waals surface area contributed by atoms with Crippen molar-refractivity contribution in [2.24, 2.45) is 5.92 Å². The average Bonchev–Trinajstić information content (AvgIpc) is 3.36. The number of hydrogen-bond acceptors (Lipinski definition) is 4. The summed E-state index contributed by atoms with van der Waals surface area (Å²) in [5, 5.41) is 15.3. The van der Waals surface area contributed by atoms with Crippen LogP contribution in [-0.2, 0) is 0 Å². The molecule has 2 aliphatic rings. The van der Waals surface area contributed by atoms with Gasteiger partial charge in [0.1, 0.15) is 4.33 Å². The lowest BCUT2D eigenvalue weighted by molar-refractivity contribution is 0.615. The number of nitrogens with one attached hydrogen (secondary N) is 1. The van der Waals surface area contributed by atoms with Crippen molar-refractivity contribution in [2.75, 3.05) is 11.9 Å². The van der Waals surface area contributed by atoms with E-state index in [1.54, 1.807) is 0 Å². The molecule has 2 saturated carbocycles. The van der Waals surface area contributed by atoms with Gasteiger partial charge in [-0.05, 0) is 54.0 Å². The fourth-order valence-corrected chi connectivity index (χ4v) is 2.94. The Morgan fingerprint density at radius 1 is 1.24 bits per heavy atom. The maximum Gasteiger partial charge on any atom is 0.182 e. The summed E-state index contributed by atoms with van der Waals surface area (Å²) < 4.78 is 1.39. The molecular weight excluding hydrogens is 309 g/mol.